The summed E-state index contributed by atoms with van der Waals surface area (Å²) in [4.78, 5) is 17.8. The molecule has 5 nitrogen and oxygen atoms in total. The van der Waals surface area contributed by atoms with E-state index in [1.165, 1.54) is 6.07 Å². The van der Waals surface area contributed by atoms with Gasteiger partial charge in [0.25, 0.3) is 0 Å². The Labute approximate surface area is 156 Å². The smallest absolute Gasteiger partial charge is 0.323 e. The van der Waals surface area contributed by atoms with Gasteiger partial charge in [0.2, 0.25) is 5.11 Å². The van der Waals surface area contributed by atoms with Gasteiger partial charge in [0.1, 0.15) is 5.82 Å². The maximum Gasteiger partial charge on any atom is 0.323 e. The Morgan fingerprint density at radius 2 is 2.28 bits per heavy atom. The summed E-state index contributed by atoms with van der Waals surface area (Å²) in [5, 5.41) is 2.96. The summed E-state index contributed by atoms with van der Waals surface area (Å²) in [7, 11) is 0. The molecule has 1 fully saturated rings. The molecule has 1 heterocycles. The second kappa shape index (κ2) is 8.40. The SMILES string of the molecule is C/C(N)=N/C(=S)NC(=O)N1CC/C(=C\c2ccc(Cl)cc2F)CC1C. The predicted octanol–water partition coefficient (Wildman–Crippen LogP) is 3.72. The summed E-state index contributed by atoms with van der Waals surface area (Å²) in [6.07, 6.45) is 3.14. The molecule has 8 heteroatoms. The Morgan fingerprint density at radius 1 is 1.56 bits per heavy atom. The van der Waals surface area contributed by atoms with E-state index in [0.717, 1.165) is 5.57 Å². The number of aliphatic imine (C=N–C) groups is 1. The topological polar surface area (TPSA) is 70.7 Å². The van der Waals surface area contributed by atoms with Gasteiger partial charge in [-0.25, -0.2) is 14.2 Å². The van der Waals surface area contributed by atoms with Gasteiger partial charge in [0, 0.05) is 23.2 Å². The molecule has 1 aromatic carbocycles. The molecule has 3 N–H and O–H groups in total. The minimum Gasteiger partial charge on any atom is -0.387 e. The number of carbonyl (C=O) groups excluding carboxylic acids is 1. The van der Waals surface area contributed by atoms with Crippen LogP contribution in [0.1, 0.15) is 32.3 Å². The third-order valence-electron chi connectivity index (χ3n) is 3.84. The summed E-state index contributed by atoms with van der Waals surface area (Å²) >= 11 is 10.7. The maximum atomic E-state index is 13.9. The number of carbonyl (C=O) groups is 1. The maximum absolute atomic E-state index is 13.9. The molecule has 0 bridgehead atoms. The monoisotopic (exact) mass is 382 g/mol. The van der Waals surface area contributed by atoms with Gasteiger partial charge in [-0.1, -0.05) is 29.3 Å². The molecular weight excluding hydrogens is 363 g/mol. The third kappa shape index (κ3) is 5.51. The number of halogens is 2. The van der Waals surface area contributed by atoms with E-state index < -0.39 is 0 Å². The van der Waals surface area contributed by atoms with Crippen LogP contribution in [0.2, 0.25) is 5.02 Å². The molecule has 1 aliphatic heterocycles. The van der Waals surface area contributed by atoms with E-state index in [0.29, 0.717) is 30.0 Å². The van der Waals surface area contributed by atoms with Gasteiger partial charge in [0.05, 0.1) is 5.84 Å². The molecule has 0 radical (unpaired) electrons. The molecule has 1 aliphatic rings. The lowest BCUT2D eigenvalue weighted by molar-refractivity contribution is 0.175. The molecule has 0 saturated carbocycles. The summed E-state index contributed by atoms with van der Waals surface area (Å²) in [5.41, 5.74) is 7.02. The molecule has 1 unspecified atom stereocenters. The van der Waals surface area contributed by atoms with Crippen molar-refractivity contribution in [3.63, 3.8) is 0 Å². The number of hydrogen-bond acceptors (Lipinski definition) is 2. The molecule has 25 heavy (non-hydrogen) atoms. The number of piperidine rings is 1. The largest absolute Gasteiger partial charge is 0.387 e. The Hall–Kier alpha value is -1.99. The molecule has 1 saturated heterocycles. The number of urea groups is 1. The lowest BCUT2D eigenvalue weighted by Gasteiger charge is -2.34. The standard InChI is InChI=1S/C17H20ClFN4OS/c1-10-7-12(8-13-3-4-14(18)9-15(13)19)5-6-23(10)17(24)22-16(25)21-11(2)20/h3-4,8-10H,5-7H2,1-2H3,(H3,20,21,22,24,25)/b12-8+. The minimum atomic E-state index is -0.354. The Morgan fingerprint density at radius 3 is 2.88 bits per heavy atom. The lowest BCUT2D eigenvalue weighted by Crippen LogP contribution is -2.49. The third-order valence-corrected chi connectivity index (χ3v) is 4.27. The van der Waals surface area contributed by atoms with E-state index >= 15 is 0 Å². The van der Waals surface area contributed by atoms with Crippen LogP contribution in [-0.4, -0.2) is 34.5 Å². The Balaban J connectivity index is 2.02. The molecule has 2 amide bonds. The summed E-state index contributed by atoms with van der Waals surface area (Å²) in [5.74, 6) is -0.0691. The Kier molecular flexibility index (Phi) is 6.50. The highest BCUT2D eigenvalue weighted by molar-refractivity contribution is 7.80. The molecule has 0 aliphatic carbocycles. The first-order chi connectivity index (χ1) is 11.8. The number of nitrogens with two attached hydrogens (primary N) is 1. The van der Waals surface area contributed by atoms with Gasteiger partial charge in [-0.15, -0.1) is 0 Å². The van der Waals surface area contributed by atoms with Crippen LogP contribution in [0.4, 0.5) is 9.18 Å². The number of amidine groups is 1. The number of amides is 2. The van der Waals surface area contributed by atoms with E-state index in [2.05, 4.69) is 10.3 Å². The molecule has 0 aromatic heterocycles. The summed E-state index contributed by atoms with van der Waals surface area (Å²) < 4.78 is 13.9. The van der Waals surface area contributed by atoms with E-state index in [9.17, 15) is 9.18 Å². The number of likely N-dealkylation sites (tertiary alicyclic amines) is 1. The van der Waals surface area contributed by atoms with Gasteiger partial charge < -0.3 is 10.6 Å². The van der Waals surface area contributed by atoms with Crippen molar-refractivity contribution >= 4 is 46.9 Å². The highest BCUT2D eigenvalue weighted by Gasteiger charge is 2.26. The van der Waals surface area contributed by atoms with Gasteiger partial charge in [0.15, 0.2) is 0 Å². The van der Waals surface area contributed by atoms with Gasteiger partial charge in [-0.3, -0.25) is 5.32 Å². The highest BCUT2D eigenvalue weighted by atomic mass is 35.5. The molecule has 1 aromatic rings. The van der Waals surface area contributed by atoms with Crippen LogP contribution in [0.5, 0.6) is 0 Å². The molecule has 134 valence electrons. The number of hydrogen-bond donors (Lipinski definition) is 2. The van der Waals surface area contributed by atoms with E-state index in [1.807, 2.05) is 13.0 Å². The van der Waals surface area contributed by atoms with Crippen LogP contribution in [0.3, 0.4) is 0 Å². The van der Waals surface area contributed by atoms with Crippen LogP contribution in [0.15, 0.2) is 28.8 Å². The van der Waals surface area contributed by atoms with E-state index in [4.69, 9.17) is 29.6 Å². The average molecular weight is 383 g/mol. The van der Waals surface area contributed by atoms with Crippen LogP contribution in [0, 0.1) is 5.82 Å². The van der Waals surface area contributed by atoms with Crippen molar-refractivity contribution < 1.29 is 9.18 Å². The summed E-state index contributed by atoms with van der Waals surface area (Å²) in [6.45, 7) is 4.04. The zero-order chi connectivity index (χ0) is 18.6. The zero-order valence-electron chi connectivity index (χ0n) is 14.1. The molecule has 0 spiro atoms. The normalized spacial score (nSPS) is 19.8. The quantitative estimate of drug-likeness (QED) is 0.442. The van der Waals surface area contributed by atoms with Crippen molar-refractivity contribution in [2.45, 2.75) is 32.7 Å². The van der Waals surface area contributed by atoms with Crippen molar-refractivity contribution in [3.8, 4) is 0 Å². The second-order valence-electron chi connectivity index (χ2n) is 5.95. The van der Waals surface area contributed by atoms with Crippen molar-refractivity contribution in [1.29, 1.82) is 0 Å². The first kappa shape index (κ1) is 19.3. The van der Waals surface area contributed by atoms with E-state index in [1.54, 1.807) is 24.0 Å². The van der Waals surface area contributed by atoms with Gasteiger partial charge in [-0.2, -0.15) is 0 Å². The van der Waals surface area contributed by atoms with Crippen molar-refractivity contribution in [2.24, 2.45) is 10.7 Å². The highest BCUT2D eigenvalue weighted by Crippen LogP contribution is 2.26. The van der Waals surface area contributed by atoms with Crippen LogP contribution >= 0.6 is 23.8 Å². The fourth-order valence-electron chi connectivity index (χ4n) is 2.70. The van der Waals surface area contributed by atoms with Gasteiger partial charge in [-0.05, 0) is 51.0 Å². The van der Waals surface area contributed by atoms with Crippen molar-refractivity contribution in [1.82, 2.24) is 10.2 Å². The molecular formula is C17H20ClFN4OS. The molecule has 2 rings (SSSR count). The fourth-order valence-corrected chi connectivity index (χ4v) is 3.09. The fraction of sp³-hybridized carbons (Fsp3) is 0.353. The zero-order valence-corrected chi connectivity index (χ0v) is 15.6. The van der Waals surface area contributed by atoms with Crippen molar-refractivity contribution in [2.75, 3.05) is 6.54 Å². The van der Waals surface area contributed by atoms with Crippen LogP contribution in [0.25, 0.3) is 6.08 Å². The first-order valence-corrected chi connectivity index (χ1v) is 8.61. The summed E-state index contributed by atoms with van der Waals surface area (Å²) in [6, 6.07) is 4.26. The number of thiocarbonyl (C=S) groups is 1. The van der Waals surface area contributed by atoms with Crippen molar-refractivity contribution in [3.05, 3.63) is 40.2 Å². The van der Waals surface area contributed by atoms with Gasteiger partial charge >= 0.3 is 6.03 Å². The second-order valence-corrected chi connectivity index (χ2v) is 6.78. The lowest BCUT2D eigenvalue weighted by atomic mass is 9.96. The van der Waals surface area contributed by atoms with E-state index in [-0.39, 0.29) is 28.8 Å². The number of rotatable bonds is 1. The first-order valence-electron chi connectivity index (χ1n) is 7.83. The Bertz CT molecular complexity index is 746. The average Bonchev–Trinajstić information content (AvgIpc) is 2.49. The minimum absolute atomic E-state index is 0.0406. The number of nitrogens with zero attached hydrogens (tertiary/aromatic N) is 2. The number of benzene rings is 1. The number of nitrogens with one attached hydrogen (secondary N) is 1. The molecule has 1 atom stereocenters. The van der Waals surface area contributed by atoms with Crippen LogP contribution < -0.4 is 11.1 Å². The predicted molar refractivity (Wildman–Crippen MR) is 103 cm³/mol. The van der Waals surface area contributed by atoms with Crippen LogP contribution in [-0.2, 0) is 0 Å².